The van der Waals surface area contributed by atoms with Crippen molar-refractivity contribution in [2.45, 2.75) is 6.54 Å². The Morgan fingerprint density at radius 1 is 1.25 bits per heavy atom. The van der Waals surface area contributed by atoms with E-state index in [1.54, 1.807) is 19.5 Å². The number of nitrogens with zero attached hydrogens (tertiary/aromatic N) is 1. The number of ether oxygens (including phenoxy) is 1. The molecule has 0 saturated heterocycles. The monoisotopic (exact) mass is 214 g/mol. The Balaban J connectivity index is 1.99. The van der Waals surface area contributed by atoms with E-state index in [1.165, 1.54) is 5.56 Å². The van der Waals surface area contributed by atoms with Crippen molar-refractivity contribution in [2.75, 3.05) is 12.4 Å². The van der Waals surface area contributed by atoms with Crippen molar-refractivity contribution in [1.29, 1.82) is 0 Å². The molecule has 0 aliphatic rings. The molecule has 0 atom stereocenters. The highest BCUT2D eigenvalue weighted by molar-refractivity contribution is 5.41. The van der Waals surface area contributed by atoms with Gasteiger partial charge in [-0.05, 0) is 29.8 Å². The third-order valence-corrected chi connectivity index (χ3v) is 2.29. The van der Waals surface area contributed by atoms with E-state index < -0.39 is 0 Å². The van der Waals surface area contributed by atoms with Crippen LogP contribution in [0.4, 0.5) is 5.69 Å². The maximum Gasteiger partial charge on any atom is 0.119 e. The van der Waals surface area contributed by atoms with E-state index in [0.29, 0.717) is 0 Å². The zero-order valence-corrected chi connectivity index (χ0v) is 9.18. The van der Waals surface area contributed by atoms with Crippen LogP contribution in [0.1, 0.15) is 5.56 Å². The van der Waals surface area contributed by atoms with Crippen LogP contribution in [0.25, 0.3) is 0 Å². The molecule has 1 aromatic carbocycles. The molecule has 0 radical (unpaired) electrons. The lowest BCUT2D eigenvalue weighted by molar-refractivity contribution is 0.414. The number of hydrogen-bond donors (Lipinski definition) is 1. The first-order valence-corrected chi connectivity index (χ1v) is 5.15. The molecule has 0 saturated carbocycles. The molecule has 1 N–H and O–H groups in total. The van der Waals surface area contributed by atoms with Crippen LogP contribution in [0.15, 0.2) is 48.8 Å². The highest BCUT2D eigenvalue weighted by Crippen LogP contribution is 2.14. The Bertz CT molecular complexity index is 443. The van der Waals surface area contributed by atoms with E-state index in [4.69, 9.17) is 4.74 Å². The van der Waals surface area contributed by atoms with Crippen molar-refractivity contribution in [1.82, 2.24) is 4.98 Å². The van der Waals surface area contributed by atoms with Gasteiger partial charge in [-0.25, -0.2) is 0 Å². The fraction of sp³-hybridized carbons (Fsp3) is 0.154. The van der Waals surface area contributed by atoms with E-state index in [9.17, 15) is 0 Å². The second-order valence-electron chi connectivity index (χ2n) is 3.45. The lowest BCUT2D eigenvalue weighted by Crippen LogP contribution is -1.99. The van der Waals surface area contributed by atoms with Crippen LogP contribution in [0.5, 0.6) is 5.75 Å². The Morgan fingerprint density at radius 3 is 2.94 bits per heavy atom. The van der Waals surface area contributed by atoms with Crippen molar-refractivity contribution >= 4 is 5.69 Å². The Hall–Kier alpha value is -2.03. The molecule has 0 fully saturated rings. The highest BCUT2D eigenvalue weighted by atomic mass is 16.5. The molecule has 0 spiro atoms. The minimum Gasteiger partial charge on any atom is -0.497 e. The SMILES string of the molecule is COc1cccc(CNc2cccnc2)c1. The number of aromatic nitrogens is 1. The first-order chi connectivity index (χ1) is 7.88. The summed E-state index contributed by atoms with van der Waals surface area (Å²) in [6.07, 6.45) is 3.57. The van der Waals surface area contributed by atoms with Crippen LogP contribution in [-0.4, -0.2) is 12.1 Å². The molecule has 0 aliphatic heterocycles. The first-order valence-electron chi connectivity index (χ1n) is 5.15. The van der Waals surface area contributed by atoms with Crippen LogP contribution in [-0.2, 0) is 6.54 Å². The number of methoxy groups -OCH3 is 1. The minimum atomic E-state index is 0.767. The fourth-order valence-corrected chi connectivity index (χ4v) is 1.45. The van der Waals surface area contributed by atoms with Crippen molar-refractivity contribution in [3.63, 3.8) is 0 Å². The maximum absolute atomic E-state index is 5.17. The van der Waals surface area contributed by atoms with Gasteiger partial charge in [0, 0.05) is 18.9 Å². The van der Waals surface area contributed by atoms with Gasteiger partial charge in [-0.3, -0.25) is 4.98 Å². The van der Waals surface area contributed by atoms with E-state index in [2.05, 4.69) is 16.4 Å². The molecule has 0 unspecified atom stereocenters. The summed E-state index contributed by atoms with van der Waals surface area (Å²) in [7, 11) is 1.67. The van der Waals surface area contributed by atoms with Gasteiger partial charge in [0.25, 0.3) is 0 Å². The molecule has 2 rings (SSSR count). The molecule has 1 aromatic heterocycles. The molecule has 82 valence electrons. The summed E-state index contributed by atoms with van der Waals surface area (Å²) in [5.74, 6) is 0.880. The van der Waals surface area contributed by atoms with Crippen molar-refractivity contribution in [3.05, 3.63) is 54.4 Å². The number of nitrogens with one attached hydrogen (secondary N) is 1. The van der Waals surface area contributed by atoms with Crippen LogP contribution in [0.2, 0.25) is 0 Å². The average Bonchev–Trinajstić information content (AvgIpc) is 2.38. The van der Waals surface area contributed by atoms with Gasteiger partial charge >= 0.3 is 0 Å². The largest absolute Gasteiger partial charge is 0.497 e. The van der Waals surface area contributed by atoms with E-state index in [0.717, 1.165) is 18.0 Å². The zero-order valence-electron chi connectivity index (χ0n) is 9.18. The standard InChI is InChI=1S/C13H14N2O/c1-16-13-6-2-4-11(8-13)9-15-12-5-3-7-14-10-12/h2-8,10,15H,9H2,1H3. The number of pyridine rings is 1. The van der Waals surface area contributed by atoms with E-state index >= 15 is 0 Å². The van der Waals surface area contributed by atoms with Crippen molar-refractivity contribution < 1.29 is 4.74 Å². The topological polar surface area (TPSA) is 34.1 Å². The molecular formula is C13H14N2O. The minimum absolute atomic E-state index is 0.767. The summed E-state index contributed by atoms with van der Waals surface area (Å²) in [6.45, 7) is 0.767. The van der Waals surface area contributed by atoms with Gasteiger partial charge in [-0.15, -0.1) is 0 Å². The van der Waals surface area contributed by atoms with Crippen molar-refractivity contribution in [2.24, 2.45) is 0 Å². The molecule has 3 heteroatoms. The van der Waals surface area contributed by atoms with Gasteiger partial charge in [0.1, 0.15) is 5.75 Å². The van der Waals surface area contributed by atoms with E-state index in [1.807, 2.05) is 30.3 Å². The summed E-state index contributed by atoms with van der Waals surface area (Å²) in [6, 6.07) is 11.9. The second-order valence-corrected chi connectivity index (χ2v) is 3.45. The Kier molecular flexibility index (Phi) is 3.38. The summed E-state index contributed by atoms with van der Waals surface area (Å²) in [5, 5.41) is 3.29. The van der Waals surface area contributed by atoms with Crippen LogP contribution in [0.3, 0.4) is 0 Å². The molecule has 2 aromatic rings. The molecule has 0 bridgehead atoms. The van der Waals surface area contributed by atoms with Gasteiger partial charge < -0.3 is 10.1 Å². The predicted molar refractivity (Wildman–Crippen MR) is 64.6 cm³/mol. The smallest absolute Gasteiger partial charge is 0.119 e. The Labute approximate surface area is 95.1 Å². The average molecular weight is 214 g/mol. The third kappa shape index (κ3) is 2.73. The lowest BCUT2D eigenvalue weighted by atomic mass is 10.2. The first kappa shape index (κ1) is 10.5. The maximum atomic E-state index is 5.17. The van der Waals surface area contributed by atoms with Crippen LogP contribution in [0, 0.1) is 0 Å². The summed E-state index contributed by atoms with van der Waals surface area (Å²) in [5.41, 5.74) is 2.20. The van der Waals surface area contributed by atoms with Crippen LogP contribution >= 0.6 is 0 Å². The Morgan fingerprint density at radius 2 is 2.19 bits per heavy atom. The molecular weight excluding hydrogens is 200 g/mol. The molecule has 16 heavy (non-hydrogen) atoms. The summed E-state index contributed by atoms with van der Waals surface area (Å²) in [4.78, 5) is 4.04. The fourth-order valence-electron chi connectivity index (χ4n) is 1.45. The number of rotatable bonds is 4. The van der Waals surface area contributed by atoms with Crippen molar-refractivity contribution in [3.8, 4) is 5.75 Å². The predicted octanol–water partition coefficient (Wildman–Crippen LogP) is 2.70. The quantitative estimate of drug-likeness (QED) is 0.849. The van der Waals surface area contributed by atoms with E-state index in [-0.39, 0.29) is 0 Å². The number of hydrogen-bond acceptors (Lipinski definition) is 3. The van der Waals surface area contributed by atoms with Crippen LogP contribution < -0.4 is 10.1 Å². The molecule has 0 aliphatic carbocycles. The zero-order chi connectivity index (χ0) is 11.2. The van der Waals surface area contributed by atoms with Gasteiger partial charge in [0.15, 0.2) is 0 Å². The highest BCUT2D eigenvalue weighted by Gasteiger charge is 1.96. The van der Waals surface area contributed by atoms with Gasteiger partial charge in [-0.2, -0.15) is 0 Å². The third-order valence-electron chi connectivity index (χ3n) is 2.29. The molecule has 3 nitrogen and oxygen atoms in total. The van der Waals surface area contributed by atoms with Gasteiger partial charge in [0.05, 0.1) is 12.8 Å². The molecule has 1 heterocycles. The number of anilines is 1. The molecule has 0 amide bonds. The second kappa shape index (κ2) is 5.16. The van der Waals surface area contributed by atoms with Gasteiger partial charge in [0.2, 0.25) is 0 Å². The van der Waals surface area contributed by atoms with Gasteiger partial charge in [-0.1, -0.05) is 12.1 Å². The summed E-state index contributed by atoms with van der Waals surface area (Å²) < 4.78 is 5.17. The normalized spacial score (nSPS) is 9.81. The summed E-state index contributed by atoms with van der Waals surface area (Å²) >= 11 is 0. The number of benzene rings is 1. The lowest BCUT2D eigenvalue weighted by Gasteiger charge is -2.07.